The van der Waals surface area contributed by atoms with E-state index in [4.69, 9.17) is 4.74 Å². The average molecular weight is 294 g/mol. The Bertz CT molecular complexity index is 659. The van der Waals surface area contributed by atoms with Crippen molar-refractivity contribution in [3.05, 3.63) is 53.5 Å². The number of nitrogens with zero attached hydrogens (tertiary/aromatic N) is 1. The minimum absolute atomic E-state index is 0.0639. The predicted molar refractivity (Wildman–Crippen MR) is 70.5 cm³/mol. The van der Waals surface area contributed by atoms with Crippen molar-refractivity contribution in [2.45, 2.75) is 25.4 Å². The molecule has 1 aliphatic carbocycles. The fraction of sp³-hybridized carbons (Fsp3) is 0.267. The number of aromatic nitrogens is 1. The van der Waals surface area contributed by atoms with Crippen LogP contribution >= 0.6 is 0 Å². The lowest BCUT2D eigenvalue weighted by Crippen LogP contribution is -2.16. The van der Waals surface area contributed by atoms with Crippen LogP contribution in [0.15, 0.2) is 30.5 Å². The molecule has 0 amide bonds. The number of pyridine rings is 1. The van der Waals surface area contributed by atoms with Gasteiger partial charge in [-0.15, -0.1) is 0 Å². The molecule has 0 radical (unpaired) electrons. The average Bonchev–Trinajstić information content (AvgIpc) is 3.28. The molecule has 6 heteroatoms. The lowest BCUT2D eigenvalue weighted by Gasteiger charge is -2.11. The SMILES string of the molecule is Fc1cnc(Oc2cccc(F)c2F)c(CNC2CC2)c1. The van der Waals surface area contributed by atoms with Crippen molar-refractivity contribution in [2.75, 3.05) is 0 Å². The van der Waals surface area contributed by atoms with Crippen LogP contribution in [-0.2, 0) is 6.54 Å². The molecule has 3 nitrogen and oxygen atoms in total. The van der Waals surface area contributed by atoms with E-state index in [2.05, 4.69) is 10.3 Å². The minimum Gasteiger partial charge on any atom is -0.435 e. The zero-order valence-corrected chi connectivity index (χ0v) is 11.1. The number of hydrogen-bond donors (Lipinski definition) is 1. The third-order valence-corrected chi connectivity index (χ3v) is 3.17. The van der Waals surface area contributed by atoms with Crippen LogP contribution in [0, 0.1) is 17.5 Å². The molecule has 0 unspecified atom stereocenters. The number of hydrogen-bond acceptors (Lipinski definition) is 3. The third-order valence-electron chi connectivity index (χ3n) is 3.17. The van der Waals surface area contributed by atoms with Crippen LogP contribution in [-0.4, -0.2) is 11.0 Å². The zero-order chi connectivity index (χ0) is 14.8. The van der Waals surface area contributed by atoms with E-state index in [1.165, 1.54) is 18.2 Å². The summed E-state index contributed by atoms with van der Waals surface area (Å²) in [4.78, 5) is 3.82. The van der Waals surface area contributed by atoms with Crippen LogP contribution in [0.3, 0.4) is 0 Å². The number of nitrogens with one attached hydrogen (secondary N) is 1. The van der Waals surface area contributed by atoms with Gasteiger partial charge in [-0.05, 0) is 31.0 Å². The summed E-state index contributed by atoms with van der Waals surface area (Å²) in [6.45, 7) is 0.363. The normalized spacial score (nSPS) is 14.2. The molecule has 0 saturated heterocycles. The second kappa shape index (κ2) is 5.73. The molecule has 1 aromatic carbocycles. The van der Waals surface area contributed by atoms with Gasteiger partial charge in [-0.1, -0.05) is 6.07 Å². The first-order chi connectivity index (χ1) is 10.1. The van der Waals surface area contributed by atoms with Gasteiger partial charge in [-0.2, -0.15) is 4.39 Å². The van der Waals surface area contributed by atoms with E-state index >= 15 is 0 Å². The van der Waals surface area contributed by atoms with E-state index in [0.717, 1.165) is 25.1 Å². The van der Waals surface area contributed by atoms with Gasteiger partial charge in [0.1, 0.15) is 5.82 Å². The molecule has 1 saturated carbocycles. The minimum atomic E-state index is -1.09. The summed E-state index contributed by atoms with van der Waals surface area (Å²) >= 11 is 0. The maximum Gasteiger partial charge on any atom is 0.224 e. The van der Waals surface area contributed by atoms with Gasteiger partial charge in [0.25, 0.3) is 0 Å². The van der Waals surface area contributed by atoms with Gasteiger partial charge < -0.3 is 10.1 Å². The summed E-state index contributed by atoms with van der Waals surface area (Å²) in [5.74, 6) is -2.82. The first-order valence-corrected chi connectivity index (χ1v) is 6.63. The molecule has 0 spiro atoms. The monoisotopic (exact) mass is 294 g/mol. The van der Waals surface area contributed by atoms with Crippen molar-refractivity contribution < 1.29 is 17.9 Å². The van der Waals surface area contributed by atoms with Gasteiger partial charge >= 0.3 is 0 Å². The van der Waals surface area contributed by atoms with E-state index in [1.54, 1.807) is 0 Å². The van der Waals surface area contributed by atoms with Gasteiger partial charge in [-0.3, -0.25) is 0 Å². The molecule has 1 heterocycles. The Morgan fingerprint density at radius 1 is 1.24 bits per heavy atom. The molecule has 3 rings (SSSR count). The lowest BCUT2D eigenvalue weighted by molar-refractivity contribution is 0.398. The molecule has 0 atom stereocenters. The Labute approximate surface area is 119 Å². The zero-order valence-electron chi connectivity index (χ0n) is 11.1. The van der Waals surface area contributed by atoms with E-state index in [0.29, 0.717) is 18.2 Å². The third kappa shape index (κ3) is 3.33. The Morgan fingerprint density at radius 2 is 2.05 bits per heavy atom. The van der Waals surface area contributed by atoms with E-state index in [9.17, 15) is 13.2 Å². The summed E-state index contributed by atoms with van der Waals surface area (Å²) < 4.78 is 45.4. The largest absolute Gasteiger partial charge is 0.435 e. The lowest BCUT2D eigenvalue weighted by atomic mass is 10.2. The van der Waals surface area contributed by atoms with Crippen molar-refractivity contribution >= 4 is 0 Å². The molecular formula is C15H13F3N2O. The molecule has 1 fully saturated rings. The molecular weight excluding hydrogens is 281 g/mol. The smallest absolute Gasteiger partial charge is 0.224 e. The van der Waals surface area contributed by atoms with Crippen molar-refractivity contribution in [3.63, 3.8) is 0 Å². The van der Waals surface area contributed by atoms with Gasteiger partial charge in [0.2, 0.25) is 11.7 Å². The number of benzene rings is 1. The van der Waals surface area contributed by atoms with Crippen molar-refractivity contribution in [2.24, 2.45) is 0 Å². The van der Waals surface area contributed by atoms with Crippen molar-refractivity contribution in [3.8, 4) is 11.6 Å². The Balaban J connectivity index is 1.84. The summed E-state index contributed by atoms with van der Waals surface area (Å²) in [5, 5.41) is 3.20. The predicted octanol–water partition coefficient (Wildman–Crippen LogP) is 3.54. The Kier molecular flexibility index (Phi) is 3.79. The van der Waals surface area contributed by atoms with Gasteiger partial charge in [0.05, 0.1) is 6.20 Å². The van der Waals surface area contributed by atoms with Crippen LogP contribution in [0.2, 0.25) is 0 Å². The Morgan fingerprint density at radius 3 is 2.81 bits per heavy atom. The topological polar surface area (TPSA) is 34.1 Å². The van der Waals surface area contributed by atoms with Crippen LogP contribution in [0.4, 0.5) is 13.2 Å². The van der Waals surface area contributed by atoms with Crippen LogP contribution in [0.1, 0.15) is 18.4 Å². The van der Waals surface area contributed by atoms with Crippen LogP contribution < -0.4 is 10.1 Å². The second-order valence-corrected chi connectivity index (χ2v) is 4.93. The van der Waals surface area contributed by atoms with Crippen molar-refractivity contribution in [1.29, 1.82) is 0 Å². The second-order valence-electron chi connectivity index (χ2n) is 4.93. The highest BCUT2D eigenvalue weighted by molar-refractivity contribution is 5.33. The molecule has 1 aliphatic rings. The molecule has 0 bridgehead atoms. The summed E-state index contributed by atoms with van der Waals surface area (Å²) in [6.07, 6.45) is 3.14. The molecule has 110 valence electrons. The van der Waals surface area contributed by atoms with E-state index in [-0.39, 0.29) is 11.6 Å². The van der Waals surface area contributed by atoms with Gasteiger partial charge in [0.15, 0.2) is 11.6 Å². The summed E-state index contributed by atoms with van der Waals surface area (Å²) in [5.41, 5.74) is 0.463. The summed E-state index contributed by atoms with van der Waals surface area (Å²) in [6, 6.07) is 5.32. The van der Waals surface area contributed by atoms with E-state index in [1.807, 2.05) is 0 Å². The molecule has 1 N–H and O–H groups in total. The number of rotatable bonds is 5. The van der Waals surface area contributed by atoms with Crippen molar-refractivity contribution in [1.82, 2.24) is 10.3 Å². The maximum atomic E-state index is 13.6. The fourth-order valence-electron chi connectivity index (χ4n) is 1.90. The number of ether oxygens (including phenoxy) is 1. The highest BCUT2D eigenvalue weighted by Crippen LogP contribution is 2.28. The molecule has 1 aromatic heterocycles. The highest BCUT2D eigenvalue weighted by atomic mass is 19.2. The summed E-state index contributed by atoms with van der Waals surface area (Å²) in [7, 11) is 0. The first-order valence-electron chi connectivity index (χ1n) is 6.63. The maximum absolute atomic E-state index is 13.6. The molecule has 2 aromatic rings. The molecule has 21 heavy (non-hydrogen) atoms. The van der Waals surface area contributed by atoms with Crippen LogP contribution in [0.5, 0.6) is 11.6 Å². The van der Waals surface area contributed by atoms with Gasteiger partial charge in [0, 0.05) is 18.2 Å². The van der Waals surface area contributed by atoms with Crippen LogP contribution in [0.25, 0.3) is 0 Å². The van der Waals surface area contributed by atoms with E-state index < -0.39 is 17.5 Å². The Hall–Kier alpha value is -2.08. The first kappa shape index (κ1) is 13.9. The highest BCUT2D eigenvalue weighted by Gasteiger charge is 2.21. The van der Waals surface area contributed by atoms with Gasteiger partial charge in [-0.25, -0.2) is 13.8 Å². The quantitative estimate of drug-likeness (QED) is 0.916. The number of halogens is 3. The fourth-order valence-corrected chi connectivity index (χ4v) is 1.90. The standard InChI is InChI=1S/C15H13F3N2O/c16-10-6-9(7-19-11-4-5-11)15(20-8-10)21-13-3-1-2-12(17)14(13)18/h1-3,6,8,11,19H,4-5,7H2. The molecule has 0 aliphatic heterocycles.